The summed E-state index contributed by atoms with van der Waals surface area (Å²) in [5.74, 6) is -0.235. The first-order chi connectivity index (χ1) is 5.66. The summed E-state index contributed by atoms with van der Waals surface area (Å²) in [5, 5.41) is 12.0. The van der Waals surface area contributed by atoms with Crippen molar-refractivity contribution in [3.05, 3.63) is 12.2 Å². The molecule has 1 amide bonds. The van der Waals surface area contributed by atoms with Crippen LogP contribution in [-0.2, 0) is 4.79 Å². The summed E-state index contributed by atoms with van der Waals surface area (Å²) in [7, 11) is 0. The van der Waals surface area contributed by atoms with E-state index in [1.807, 2.05) is 19.1 Å². The molecule has 3 nitrogen and oxygen atoms in total. The second kappa shape index (κ2) is 3.72. The summed E-state index contributed by atoms with van der Waals surface area (Å²) < 4.78 is 0. The molecule has 1 heterocycles. The van der Waals surface area contributed by atoms with Crippen molar-refractivity contribution >= 4 is 5.91 Å². The zero-order valence-corrected chi connectivity index (χ0v) is 7.45. The largest absolute Gasteiger partial charge is 0.393 e. The van der Waals surface area contributed by atoms with Gasteiger partial charge in [-0.15, -0.1) is 0 Å². The molecule has 0 saturated carbocycles. The highest BCUT2D eigenvalue weighted by atomic mass is 16.3. The summed E-state index contributed by atoms with van der Waals surface area (Å²) in [5.41, 5.74) is 0. The zero-order chi connectivity index (χ0) is 9.14. The molecular weight excluding hydrogens is 154 g/mol. The Hall–Kier alpha value is -0.830. The van der Waals surface area contributed by atoms with E-state index in [1.165, 1.54) is 0 Å². The molecular formula is C9H15NO2. The SMILES string of the molecule is CC=CCC1NC(=O)C1C(C)O. The van der Waals surface area contributed by atoms with Crippen LogP contribution >= 0.6 is 0 Å². The molecule has 3 heteroatoms. The minimum Gasteiger partial charge on any atom is -0.393 e. The van der Waals surface area contributed by atoms with Gasteiger partial charge in [0.2, 0.25) is 5.91 Å². The van der Waals surface area contributed by atoms with Gasteiger partial charge in [-0.25, -0.2) is 0 Å². The van der Waals surface area contributed by atoms with Gasteiger partial charge in [-0.2, -0.15) is 0 Å². The second-order valence-electron chi connectivity index (χ2n) is 3.19. The number of allylic oxidation sites excluding steroid dienone is 1. The maximum atomic E-state index is 11.0. The van der Waals surface area contributed by atoms with Crippen molar-refractivity contribution in [3.8, 4) is 0 Å². The van der Waals surface area contributed by atoms with Crippen LogP contribution in [0.25, 0.3) is 0 Å². The normalized spacial score (nSPS) is 31.4. The van der Waals surface area contributed by atoms with Gasteiger partial charge in [0.25, 0.3) is 0 Å². The molecule has 0 aromatic heterocycles. The van der Waals surface area contributed by atoms with Crippen LogP contribution in [0.5, 0.6) is 0 Å². The van der Waals surface area contributed by atoms with E-state index in [1.54, 1.807) is 6.92 Å². The average molecular weight is 169 g/mol. The van der Waals surface area contributed by atoms with Crippen LogP contribution in [0.2, 0.25) is 0 Å². The van der Waals surface area contributed by atoms with Gasteiger partial charge in [0, 0.05) is 6.04 Å². The molecule has 1 fully saturated rings. The van der Waals surface area contributed by atoms with E-state index >= 15 is 0 Å². The number of carbonyl (C=O) groups excluding carboxylic acids is 1. The predicted molar refractivity (Wildman–Crippen MR) is 46.5 cm³/mol. The molecule has 12 heavy (non-hydrogen) atoms. The second-order valence-corrected chi connectivity index (χ2v) is 3.19. The van der Waals surface area contributed by atoms with E-state index in [2.05, 4.69) is 5.32 Å². The smallest absolute Gasteiger partial charge is 0.228 e. The van der Waals surface area contributed by atoms with Gasteiger partial charge in [0.05, 0.1) is 12.0 Å². The monoisotopic (exact) mass is 169 g/mol. The van der Waals surface area contributed by atoms with E-state index in [9.17, 15) is 9.90 Å². The number of β-lactam (4-membered cyclic amide) rings is 1. The van der Waals surface area contributed by atoms with E-state index in [0.717, 1.165) is 6.42 Å². The first-order valence-electron chi connectivity index (χ1n) is 4.26. The Morgan fingerprint density at radius 3 is 2.83 bits per heavy atom. The highest BCUT2D eigenvalue weighted by Crippen LogP contribution is 2.21. The van der Waals surface area contributed by atoms with Crippen molar-refractivity contribution < 1.29 is 9.90 Å². The number of amides is 1. The highest BCUT2D eigenvalue weighted by Gasteiger charge is 2.41. The van der Waals surface area contributed by atoms with Crippen LogP contribution in [-0.4, -0.2) is 23.2 Å². The fourth-order valence-corrected chi connectivity index (χ4v) is 1.50. The summed E-state index contributed by atoms with van der Waals surface area (Å²) in [6.45, 7) is 3.60. The first-order valence-corrected chi connectivity index (χ1v) is 4.26. The van der Waals surface area contributed by atoms with Gasteiger partial charge in [0.1, 0.15) is 0 Å². The molecule has 0 bridgehead atoms. The molecule has 0 radical (unpaired) electrons. The van der Waals surface area contributed by atoms with Gasteiger partial charge in [-0.05, 0) is 20.3 Å². The summed E-state index contributed by atoms with van der Waals surface area (Å²) in [4.78, 5) is 11.0. The van der Waals surface area contributed by atoms with Gasteiger partial charge in [-0.3, -0.25) is 4.79 Å². The summed E-state index contributed by atoms with van der Waals surface area (Å²) >= 11 is 0. The third-order valence-electron chi connectivity index (χ3n) is 2.21. The van der Waals surface area contributed by atoms with Crippen LogP contribution in [0, 0.1) is 5.92 Å². The number of rotatable bonds is 3. The van der Waals surface area contributed by atoms with Gasteiger partial charge >= 0.3 is 0 Å². The quantitative estimate of drug-likeness (QED) is 0.476. The van der Waals surface area contributed by atoms with E-state index in [4.69, 9.17) is 0 Å². The summed E-state index contributed by atoms with van der Waals surface area (Å²) in [6, 6.07) is 0.133. The van der Waals surface area contributed by atoms with E-state index in [-0.39, 0.29) is 17.9 Å². The zero-order valence-electron chi connectivity index (χ0n) is 7.45. The molecule has 1 aliphatic heterocycles. The molecule has 0 aromatic carbocycles. The Kier molecular flexibility index (Phi) is 2.87. The van der Waals surface area contributed by atoms with E-state index in [0.29, 0.717) is 0 Å². The van der Waals surface area contributed by atoms with Crippen LogP contribution in [0.15, 0.2) is 12.2 Å². The minimum absolute atomic E-state index is 0.0282. The molecule has 3 unspecified atom stereocenters. The lowest BCUT2D eigenvalue weighted by Crippen LogP contribution is -2.61. The molecule has 68 valence electrons. The Labute approximate surface area is 72.5 Å². The standard InChI is InChI=1S/C9H15NO2/c1-3-4-5-7-8(6(2)11)9(12)10-7/h3-4,6-8,11H,5H2,1-2H3,(H,10,12). The van der Waals surface area contributed by atoms with Crippen LogP contribution in [0.1, 0.15) is 20.3 Å². The number of carbonyl (C=O) groups is 1. The van der Waals surface area contributed by atoms with E-state index < -0.39 is 6.10 Å². The molecule has 1 aliphatic rings. The maximum Gasteiger partial charge on any atom is 0.228 e. The van der Waals surface area contributed by atoms with Crippen molar-refractivity contribution in [1.29, 1.82) is 0 Å². The van der Waals surface area contributed by atoms with Crippen LogP contribution < -0.4 is 5.32 Å². The van der Waals surface area contributed by atoms with Gasteiger partial charge in [-0.1, -0.05) is 12.2 Å². The van der Waals surface area contributed by atoms with Crippen molar-refractivity contribution in [1.82, 2.24) is 5.32 Å². The van der Waals surface area contributed by atoms with Crippen molar-refractivity contribution in [2.45, 2.75) is 32.4 Å². The third-order valence-corrected chi connectivity index (χ3v) is 2.21. The molecule has 0 spiro atoms. The molecule has 1 saturated heterocycles. The Bertz CT molecular complexity index is 199. The lowest BCUT2D eigenvalue weighted by molar-refractivity contribution is -0.140. The Morgan fingerprint density at radius 1 is 1.75 bits per heavy atom. The fourth-order valence-electron chi connectivity index (χ4n) is 1.50. The molecule has 1 rings (SSSR count). The minimum atomic E-state index is -0.533. The maximum absolute atomic E-state index is 11.0. The lowest BCUT2D eigenvalue weighted by atomic mass is 9.84. The Morgan fingerprint density at radius 2 is 2.42 bits per heavy atom. The van der Waals surface area contributed by atoms with Crippen LogP contribution in [0.4, 0.5) is 0 Å². The number of nitrogens with one attached hydrogen (secondary N) is 1. The molecule has 0 aliphatic carbocycles. The van der Waals surface area contributed by atoms with Gasteiger partial charge in [0.15, 0.2) is 0 Å². The number of hydrogen-bond donors (Lipinski definition) is 2. The Balaban J connectivity index is 2.43. The van der Waals surface area contributed by atoms with Crippen molar-refractivity contribution in [3.63, 3.8) is 0 Å². The van der Waals surface area contributed by atoms with Gasteiger partial charge < -0.3 is 10.4 Å². The van der Waals surface area contributed by atoms with Crippen molar-refractivity contribution in [2.75, 3.05) is 0 Å². The topological polar surface area (TPSA) is 49.3 Å². The van der Waals surface area contributed by atoms with Crippen LogP contribution in [0.3, 0.4) is 0 Å². The number of hydrogen-bond acceptors (Lipinski definition) is 2. The number of aliphatic hydroxyl groups is 1. The number of aliphatic hydroxyl groups excluding tert-OH is 1. The van der Waals surface area contributed by atoms with Crippen molar-refractivity contribution in [2.24, 2.45) is 5.92 Å². The third kappa shape index (κ3) is 1.67. The molecule has 2 N–H and O–H groups in total. The highest BCUT2D eigenvalue weighted by molar-refractivity contribution is 5.86. The molecule has 0 aromatic rings. The first kappa shape index (κ1) is 9.26. The fraction of sp³-hybridized carbons (Fsp3) is 0.667. The predicted octanol–water partition coefficient (Wildman–Crippen LogP) is 0.448. The average Bonchev–Trinajstić information content (AvgIpc) is 1.95. The lowest BCUT2D eigenvalue weighted by Gasteiger charge is -2.38. The summed E-state index contributed by atoms with van der Waals surface area (Å²) in [6.07, 6.45) is 4.23. The molecule has 3 atom stereocenters.